The number of nitrogens with two attached hydrogens (primary N) is 1. The molecule has 0 unspecified atom stereocenters. The third-order valence-electron chi connectivity index (χ3n) is 2.01. The number of rotatable bonds is 5. The highest BCUT2D eigenvalue weighted by molar-refractivity contribution is 5.98. The van der Waals surface area contributed by atoms with Gasteiger partial charge in [0.25, 0.3) is 0 Å². The van der Waals surface area contributed by atoms with E-state index in [1.807, 2.05) is 0 Å². The van der Waals surface area contributed by atoms with E-state index in [9.17, 15) is 14.0 Å². The number of hydrogen-bond acceptors (Lipinski definition) is 3. The van der Waals surface area contributed by atoms with Gasteiger partial charge in [-0.2, -0.15) is 0 Å². The van der Waals surface area contributed by atoms with E-state index in [-0.39, 0.29) is 24.4 Å². The fourth-order valence-corrected chi connectivity index (χ4v) is 1.34. The molecule has 0 saturated carbocycles. The fraction of sp³-hybridized carbons (Fsp3) is 0.273. The van der Waals surface area contributed by atoms with Crippen LogP contribution < -0.4 is 5.73 Å². The molecule has 0 heterocycles. The van der Waals surface area contributed by atoms with E-state index in [2.05, 4.69) is 0 Å². The number of nitrogens with zero attached hydrogens (tertiary/aromatic N) is 1. The number of halogens is 1. The Morgan fingerprint density at radius 2 is 1.94 bits per heavy atom. The molecule has 0 spiro atoms. The smallest absolute Gasteiger partial charge is 0.231 e. The van der Waals surface area contributed by atoms with Crippen molar-refractivity contribution in [3.8, 4) is 0 Å². The van der Waals surface area contributed by atoms with Crippen molar-refractivity contribution < 1.29 is 14.0 Å². The summed E-state index contributed by atoms with van der Waals surface area (Å²) in [6.07, 6.45) is 0. The van der Waals surface area contributed by atoms with Crippen molar-refractivity contribution in [1.29, 1.82) is 0 Å². The SMILES string of the molecule is CN(CC(N)=O)CC(=O)c1ccccc1F. The molecule has 4 nitrogen and oxygen atoms in total. The van der Waals surface area contributed by atoms with Crippen LogP contribution in [0, 0.1) is 5.82 Å². The van der Waals surface area contributed by atoms with Crippen LogP contribution in [0.4, 0.5) is 4.39 Å². The minimum atomic E-state index is -0.556. The van der Waals surface area contributed by atoms with Gasteiger partial charge >= 0.3 is 0 Å². The van der Waals surface area contributed by atoms with Crippen LogP contribution in [-0.4, -0.2) is 36.7 Å². The number of carbonyl (C=O) groups is 2. The largest absolute Gasteiger partial charge is 0.369 e. The number of carbonyl (C=O) groups excluding carboxylic acids is 2. The van der Waals surface area contributed by atoms with Crippen molar-refractivity contribution in [2.75, 3.05) is 20.1 Å². The van der Waals surface area contributed by atoms with E-state index < -0.39 is 11.7 Å². The van der Waals surface area contributed by atoms with Crippen molar-refractivity contribution in [2.24, 2.45) is 5.73 Å². The molecule has 0 bridgehead atoms. The summed E-state index contributed by atoms with van der Waals surface area (Å²) in [5, 5.41) is 0. The zero-order chi connectivity index (χ0) is 12.1. The number of amides is 1. The lowest BCUT2D eigenvalue weighted by Gasteiger charge is -2.13. The standard InChI is InChI=1S/C11H13FN2O2/c1-14(7-11(13)16)6-10(15)8-4-2-3-5-9(8)12/h2-5H,6-7H2,1H3,(H2,13,16). The molecule has 0 fully saturated rings. The molecule has 0 radical (unpaired) electrons. The summed E-state index contributed by atoms with van der Waals surface area (Å²) < 4.78 is 13.2. The summed E-state index contributed by atoms with van der Waals surface area (Å²) in [7, 11) is 1.57. The maximum Gasteiger partial charge on any atom is 0.231 e. The molecule has 0 aliphatic heterocycles. The molecular weight excluding hydrogens is 211 g/mol. The molecule has 0 atom stereocenters. The van der Waals surface area contributed by atoms with E-state index >= 15 is 0 Å². The molecule has 1 aromatic rings. The summed E-state index contributed by atoms with van der Waals surface area (Å²) in [4.78, 5) is 23.7. The van der Waals surface area contributed by atoms with Crippen LogP contribution in [0.25, 0.3) is 0 Å². The molecular formula is C11H13FN2O2. The first-order valence-corrected chi connectivity index (χ1v) is 4.75. The summed E-state index contributed by atoms with van der Waals surface area (Å²) in [6, 6.07) is 5.74. The van der Waals surface area contributed by atoms with Gasteiger partial charge in [0, 0.05) is 0 Å². The van der Waals surface area contributed by atoms with Gasteiger partial charge in [-0.05, 0) is 19.2 Å². The van der Waals surface area contributed by atoms with Gasteiger partial charge in [0.2, 0.25) is 5.91 Å². The molecule has 1 rings (SSSR count). The third-order valence-corrected chi connectivity index (χ3v) is 2.01. The summed E-state index contributed by atoms with van der Waals surface area (Å²) in [6.45, 7) is -0.0654. The topological polar surface area (TPSA) is 63.4 Å². The van der Waals surface area contributed by atoms with Gasteiger partial charge in [0.05, 0.1) is 18.7 Å². The first kappa shape index (κ1) is 12.3. The monoisotopic (exact) mass is 224 g/mol. The zero-order valence-electron chi connectivity index (χ0n) is 8.94. The van der Waals surface area contributed by atoms with Gasteiger partial charge in [0.15, 0.2) is 5.78 Å². The molecule has 1 amide bonds. The number of Topliss-reactive ketones (excluding diaryl/α,β-unsaturated/α-hetero) is 1. The van der Waals surface area contributed by atoms with Gasteiger partial charge in [-0.3, -0.25) is 14.5 Å². The quantitative estimate of drug-likeness (QED) is 0.737. The minimum Gasteiger partial charge on any atom is -0.369 e. The second-order valence-electron chi connectivity index (χ2n) is 3.54. The lowest BCUT2D eigenvalue weighted by molar-refractivity contribution is -0.118. The van der Waals surface area contributed by atoms with Crippen molar-refractivity contribution in [3.05, 3.63) is 35.6 Å². The number of hydrogen-bond donors (Lipinski definition) is 1. The van der Waals surface area contributed by atoms with Gasteiger partial charge in [-0.25, -0.2) is 4.39 Å². The molecule has 1 aromatic carbocycles. The Labute approximate surface area is 92.8 Å². The second kappa shape index (κ2) is 5.37. The number of likely N-dealkylation sites (N-methyl/N-ethyl adjacent to an activating group) is 1. The average Bonchev–Trinajstić information content (AvgIpc) is 2.16. The van der Waals surface area contributed by atoms with E-state index in [1.165, 1.54) is 23.1 Å². The Hall–Kier alpha value is -1.75. The minimum absolute atomic E-state index is 0.0267. The Morgan fingerprint density at radius 1 is 1.31 bits per heavy atom. The zero-order valence-corrected chi connectivity index (χ0v) is 8.94. The summed E-state index contributed by atoms with van der Waals surface area (Å²) in [5.41, 5.74) is 5.00. The Kier molecular flexibility index (Phi) is 4.13. The Bertz CT molecular complexity index is 407. The fourth-order valence-electron chi connectivity index (χ4n) is 1.34. The molecule has 0 saturated heterocycles. The average molecular weight is 224 g/mol. The molecule has 0 aromatic heterocycles. The van der Waals surface area contributed by atoms with Crippen LogP contribution in [0.15, 0.2) is 24.3 Å². The highest BCUT2D eigenvalue weighted by Gasteiger charge is 2.13. The molecule has 86 valence electrons. The van der Waals surface area contributed by atoms with Crippen molar-refractivity contribution in [2.45, 2.75) is 0 Å². The van der Waals surface area contributed by atoms with Gasteiger partial charge in [-0.15, -0.1) is 0 Å². The van der Waals surface area contributed by atoms with Gasteiger partial charge in [-0.1, -0.05) is 12.1 Å². The predicted octanol–water partition coefficient (Wildman–Crippen LogP) is 0.425. The second-order valence-corrected chi connectivity index (χ2v) is 3.54. The van der Waals surface area contributed by atoms with Crippen molar-refractivity contribution in [3.63, 3.8) is 0 Å². The van der Waals surface area contributed by atoms with Crippen LogP contribution in [0.2, 0.25) is 0 Å². The lowest BCUT2D eigenvalue weighted by atomic mass is 10.1. The lowest BCUT2D eigenvalue weighted by Crippen LogP contribution is -2.34. The number of primary amides is 1. The first-order chi connectivity index (χ1) is 7.50. The molecule has 0 aliphatic rings. The molecule has 0 aliphatic carbocycles. The molecule has 16 heavy (non-hydrogen) atoms. The summed E-state index contributed by atoms with van der Waals surface area (Å²) in [5.74, 6) is -1.45. The highest BCUT2D eigenvalue weighted by Crippen LogP contribution is 2.07. The van der Waals surface area contributed by atoms with Crippen LogP contribution in [-0.2, 0) is 4.79 Å². The maximum absolute atomic E-state index is 13.2. The molecule has 2 N–H and O–H groups in total. The Balaban J connectivity index is 2.66. The first-order valence-electron chi connectivity index (χ1n) is 4.75. The maximum atomic E-state index is 13.2. The normalized spacial score (nSPS) is 10.4. The number of ketones is 1. The van der Waals surface area contributed by atoms with Crippen LogP contribution in [0.1, 0.15) is 10.4 Å². The van der Waals surface area contributed by atoms with Crippen LogP contribution in [0.5, 0.6) is 0 Å². The van der Waals surface area contributed by atoms with Crippen LogP contribution in [0.3, 0.4) is 0 Å². The summed E-state index contributed by atoms with van der Waals surface area (Å²) >= 11 is 0. The molecule has 5 heteroatoms. The van der Waals surface area contributed by atoms with E-state index in [1.54, 1.807) is 13.1 Å². The van der Waals surface area contributed by atoms with Crippen LogP contribution >= 0.6 is 0 Å². The number of benzene rings is 1. The van der Waals surface area contributed by atoms with Crippen molar-refractivity contribution >= 4 is 11.7 Å². The van der Waals surface area contributed by atoms with E-state index in [0.717, 1.165) is 0 Å². The van der Waals surface area contributed by atoms with Gasteiger partial charge in [0.1, 0.15) is 5.82 Å². The van der Waals surface area contributed by atoms with Gasteiger partial charge < -0.3 is 5.73 Å². The van der Waals surface area contributed by atoms with E-state index in [4.69, 9.17) is 5.73 Å². The Morgan fingerprint density at radius 3 is 2.50 bits per heavy atom. The third kappa shape index (κ3) is 3.43. The highest BCUT2D eigenvalue weighted by atomic mass is 19.1. The van der Waals surface area contributed by atoms with E-state index in [0.29, 0.717) is 0 Å². The predicted molar refractivity (Wildman–Crippen MR) is 57.4 cm³/mol. The van der Waals surface area contributed by atoms with Crippen molar-refractivity contribution in [1.82, 2.24) is 4.90 Å².